The van der Waals surface area contributed by atoms with Crippen LogP contribution >= 0.6 is 9.24 Å². The van der Waals surface area contributed by atoms with Gasteiger partial charge in [-0.3, -0.25) is 5.32 Å². The molecule has 0 radical (unpaired) electrons. The van der Waals surface area contributed by atoms with Gasteiger partial charge < -0.3 is 15.4 Å². The summed E-state index contributed by atoms with van der Waals surface area (Å²) in [5.74, 6) is 2.24. The number of para-hydroxylation sites is 1. The maximum absolute atomic E-state index is 12.9. The highest BCUT2D eigenvalue weighted by atomic mass is 31.0. The lowest BCUT2D eigenvalue weighted by Gasteiger charge is -2.14. The Morgan fingerprint density at radius 1 is 0.889 bits per heavy atom. The molecule has 8 heteroatoms. The first-order valence-corrected chi connectivity index (χ1v) is 12.5. The average Bonchev–Trinajstić information content (AvgIpc) is 3.25. The lowest BCUT2D eigenvalue weighted by molar-refractivity contribution is 0.262. The number of nitrogens with one attached hydrogen (secondary N) is 3. The van der Waals surface area contributed by atoms with E-state index in [1.807, 2.05) is 72.8 Å². The summed E-state index contributed by atoms with van der Waals surface area (Å²) in [6.07, 6.45) is 0. The number of benzene rings is 3. The Hall–Kier alpha value is -3.83. The molecule has 36 heavy (non-hydrogen) atoms. The van der Waals surface area contributed by atoms with Crippen LogP contribution in [0.3, 0.4) is 0 Å². The molecule has 0 spiro atoms. The molecule has 2 atom stereocenters. The second-order valence-electron chi connectivity index (χ2n) is 9.58. The van der Waals surface area contributed by atoms with E-state index >= 15 is 0 Å². The number of anilines is 3. The zero-order valence-electron chi connectivity index (χ0n) is 20.9. The fraction of sp³-hybridized carbons (Fsp3) is 0.214. The largest absolute Gasteiger partial charge is 0.457 e. The summed E-state index contributed by atoms with van der Waals surface area (Å²) in [7, 11) is 2.73. The lowest BCUT2D eigenvalue weighted by atomic mass is 9.92. The van der Waals surface area contributed by atoms with Crippen LogP contribution in [-0.2, 0) is 5.41 Å². The van der Waals surface area contributed by atoms with E-state index in [-0.39, 0.29) is 17.2 Å². The molecule has 0 aliphatic heterocycles. The van der Waals surface area contributed by atoms with Crippen LogP contribution in [0.4, 0.5) is 22.0 Å². The maximum Gasteiger partial charge on any atom is 0.324 e. The molecule has 0 aliphatic carbocycles. The summed E-state index contributed by atoms with van der Waals surface area (Å²) in [4.78, 5) is 12.9. The van der Waals surface area contributed by atoms with Gasteiger partial charge in [0.05, 0.1) is 11.4 Å². The van der Waals surface area contributed by atoms with Crippen molar-refractivity contribution in [1.82, 2.24) is 9.78 Å². The number of carbonyl (C=O) groups is 1. The van der Waals surface area contributed by atoms with Gasteiger partial charge in [-0.1, -0.05) is 45.0 Å². The van der Waals surface area contributed by atoms with Crippen molar-refractivity contribution in [3.8, 4) is 17.2 Å². The Labute approximate surface area is 214 Å². The van der Waals surface area contributed by atoms with Crippen LogP contribution < -0.4 is 20.7 Å². The second-order valence-corrected chi connectivity index (χ2v) is 10.6. The number of hydrogen-bond donors (Lipinski definition) is 3. The Bertz CT molecular complexity index is 1310. The molecule has 2 unspecified atom stereocenters. The predicted molar refractivity (Wildman–Crippen MR) is 151 cm³/mol. The van der Waals surface area contributed by atoms with Crippen molar-refractivity contribution < 1.29 is 9.53 Å². The molecular formula is C28H32N5O2P. The van der Waals surface area contributed by atoms with Gasteiger partial charge in [-0.25, -0.2) is 9.48 Å². The molecule has 0 fully saturated rings. The van der Waals surface area contributed by atoms with Gasteiger partial charge in [-0.15, -0.1) is 9.24 Å². The Morgan fingerprint density at radius 3 is 2.25 bits per heavy atom. The summed E-state index contributed by atoms with van der Waals surface area (Å²) in [6.45, 7) is 8.34. The van der Waals surface area contributed by atoms with Crippen molar-refractivity contribution in [2.45, 2.75) is 38.9 Å². The minimum atomic E-state index is -0.360. The minimum Gasteiger partial charge on any atom is -0.457 e. The molecule has 7 nitrogen and oxygen atoms in total. The topological polar surface area (TPSA) is 80.2 Å². The number of urea groups is 1. The molecular weight excluding hydrogens is 469 g/mol. The van der Waals surface area contributed by atoms with Gasteiger partial charge in [-0.2, -0.15) is 5.10 Å². The smallest absolute Gasteiger partial charge is 0.324 e. The molecule has 2 amide bonds. The van der Waals surface area contributed by atoms with E-state index in [0.717, 1.165) is 22.8 Å². The molecule has 0 bridgehead atoms. The summed E-state index contributed by atoms with van der Waals surface area (Å²) in [5.41, 5.74) is 3.15. The molecule has 3 aromatic carbocycles. The van der Waals surface area contributed by atoms with E-state index in [9.17, 15) is 4.79 Å². The first-order valence-electron chi connectivity index (χ1n) is 11.8. The Morgan fingerprint density at radius 2 is 1.58 bits per heavy atom. The number of ether oxygens (including phenoxy) is 1. The second kappa shape index (κ2) is 10.8. The highest BCUT2D eigenvalue weighted by Crippen LogP contribution is 2.28. The fourth-order valence-corrected chi connectivity index (χ4v) is 3.73. The first kappa shape index (κ1) is 25.3. The van der Waals surface area contributed by atoms with Crippen LogP contribution in [0.5, 0.6) is 11.5 Å². The van der Waals surface area contributed by atoms with Crippen molar-refractivity contribution in [3.05, 3.63) is 90.6 Å². The number of nitrogens with zero attached hydrogens (tertiary/aromatic N) is 2. The van der Waals surface area contributed by atoms with Crippen LogP contribution in [-0.4, -0.2) is 21.6 Å². The molecule has 0 saturated heterocycles. The normalized spacial score (nSPS) is 12.0. The van der Waals surface area contributed by atoms with Crippen LogP contribution in [0.1, 0.15) is 33.4 Å². The summed E-state index contributed by atoms with van der Waals surface area (Å²) in [6, 6.07) is 26.3. The van der Waals surface area contributed by atoms with E-state index in [1.54, 1.807) is 16.8 Å². The fourth-order valence-electron chi connectivity index (χ4n) is 3.53. The predicted octanol–water partition coefficient (Wildman–Crippen LogP) is 7.24. The van der Waals surface area contributed by atoms with Crippen molar-refractivity contribution in [2.24, 2.45) is 0 Å². The third-order valence-electron chi connectivity index (χ3n) is 5.30. The zero-order chi connectivity index (χ0) is 25.7. The Kier molecular flexibility index (Phi) is 7.61. The van der Waals surface area contributed by atoms with Gasteiger partial charge in [0.2, 0.25) is 0 Å². The van der Waals surface area contributed by atoms with Crippen molar-refractivity contribution >= 4 is 32.5 Å². The Balaban J connectivity index is 1.51. The van der Waals surface area contributed by atoms with Crippen LogP contribution in [0.2, 0.25) is 0 Å². The molecule has 0 aliphatic rings. The number of hydrogen-bond acceptors (Lipinski definition) is 4. The monoisotopic (exact) mass is 501 g/mol. The SMILES string of the molecule is CC(P)Nc1cccc(-n2nc(C(C)(C)C)cc2NC(=O)Nc2ccc(Oc3ccccc3)cc2)c1. The van der Waals surface area contributed by atoms with Crippen LogP contribution in [0, 0.1) is 0 Å². The van der Waals surface area contributed by atoms with Gasteiger partial charge >= 0.3 is 6.03 Å². The molecule has 186 valence electrons. The molecule has 1 aromatic heterocycles. The number of carbonyl (C=O) groups excluding carboxylic acids is 1. The van der Waals surface area contributed by atoms with Gasteiger partial charge in [-0.05, 0) is 61.5 Å². The highest BCUT2D eigenvalue weighted by molar-refractivity contribution is 7.17. The van der Waals surface area contributed by atoms with E-state index in [0.29, 0.717) is 17.3 Å². The maximum atomic E-state index is 12.9. The van der Waals surface area contributed by atoms with Gasteiger partial charge in [0.25, 0.3) is 0 Å². The zero-order valence-corrected chi connectivity index (χ0v) is 22.1. The van der Waals surface area contributed by atoms with E-state index in [4.69, 9.17) is 9.84 Å². The lowest BCUT2D eigenvalue weighted by Crippen LogP contribution is -2.21. The van der Waals surface area contributed by atoms with E-state index < -0.39 is 0 Å². The number of amides is 2. The first-order chi connectivity index (χ1) is 17.2. The standard InChI is InChI=1S/C28H32N5O2P/c1-19(36)29-21-9-8-10-22(17-21)33-26(18-25(32-33)28(2,3)4)31-27(34)30-20-13-15-24(16-14-20)35-23-11-6-5-7-12-23/h5-19,29H,36H2,1-4H3,(H2,30,31,34). The highest BCUT2D eigenvalue weighted by Gasteiger charge is 2.21. The molecule has 1 heterocycles. The molecule has 4 rings (SSSR count). The minimum absolute atomic E-state index is 0.183. The summed E-state index contributed by atoms with van der Waals surface area (Å²) in [5, 5.41) is 14.0. The van der Waals surface area contributed by atoms with E-state index in [2.05, 4.69) is 52.9 Å². The summed E-state index contributed by atoms with van der Waals surface area (Å²) < 4.78 is 7.58. The third kappa shape index (κ3) is 6.64. The van der Waals surface area contributed by atoms with Crippen LogP contribution in [0.25, 0.3) is 5.69 Å². The number of aromatic nitrogens is 2. The molecule has 4 aromatic rings. The van der Waals surface area contributed by atoms with Gasteiger partial charge in [0.1, 0.15) is 17.3 Å². The third-order valence-corrected chi connectivity index (χ3v) is 5.46. The van der Waals surface area contributed by atoms with Crippen molar-refractivity contribution in [3.63, 3.8) is 0 Å². The number of rotatable bonds is 7. The van der Waals surface area contributed by atoms with Gasteiger partial charge in [0, 0.05) is 28.6 Å². The average molecular weight is 502 g/mol. The van der Waals surface area contributed by atoms with Crippen molar-refractivity contribution in [2.75, 3.05) is 16.0 Å². The van der Waals surface area contributed by atoms with E-state index in [1.165, 1.54) is 0 Å². The van der Waals surface area contributed by atoms with Gasteiger partial charge in [0.15, 0.2) is 0 Å². The van der Waals surface area contributed by atoms with Crippen molar-refractivity contribution in [1.29, 1.82) is 0 Å². The molecule has 0 saturated carbocycles. The van der Waals surface area contributed by atoms with Crippen LogP contribution in [0.15, 0.2) is 84.9 Å². The quantitative estimate of drug-likeness (QED) is 0.233. The summed E-state index contributed by atoms with van der Waals surface area (Å²) >= 11 is 0. The molecule has 3 N–H and O–H groups in total.